The van der Waals surface area contributed by atoms with E-state index < -0.39 is 25.1 Å². The largest absolute Gasteiger partial charge is 1.00 e. The molecular weight excluding hydrogens is 1210 g/mol. The average Bonchev–Trinajstić information content (AvgIpc) is 4.01. The van der Waals surface area contributed by atoms with Gasteiger partial charge in [0.1, 0.15) is 0 Å². The van der Waals surface area contributed by atoms with Crippen LogP contribution in [0.3, 0.4) is 0 Å². The van der Waals surface area contributed by atoms with Gasteiger partial charge in [-0.1, -0.05) is 19.6 Å². The van der Waals surface area contributed by atoms with Crippen molar-refractivity contribution < 1.29 is 107 Å². The molecule has 3 fully saturated rings. The van der Waals surface area contributed by atoms with Gasteiger partial charge in [0, 0.05) is 61.9 Å². The van der Waals surface area contributed by atoms with E-state index in [1.54, 1.807) is 68.6 Å². The molecular formula is C54H83CsF4N12O10Si. The second-order valence-corrected chi connectivity index (χ2v) is 29.7. The van der Waals surface area contributed by atoms with Crippen LogP contribution in [0.1, 0.15) is 105 Å². The average molecular weight is 1300 g/mol. The first kappa shape index (κ1) is 70.3. The van der Waals surface area contributed by atoms with Gasteiger partial charge in [-0.3, -0.25) is 46.6 Å². The standard InChI is InChI=1S/2C17H26N4O3.C16H22N4O4.C4H9F3Si.Cs.FH/c2*1-17(2,24)12-7-5-11(6-8-12)9-21-15(22)13-14(18-10-19(13)3)20(4)16(21)23;1-18-9-17-13-12(18)14(21)20(16(23)19(13)2)8-10-4-6-11(7-5-10)15(22)24-3;1-8(2,3)4(5,6)7;;/h2*10-12,24H,5-9H2,1-4H3;9-11H,4-8H2,1-3H3;1-3H3;;1H/q;;;;+1;/p-1. The van der Waals surface area contributed by atoms with Crippen LogP contribution in [0.25, 0.3) is 33.5 Å². The Balaban J connectivity index is 0.000000245. The van der Waals surface area contributed by atoms with Gasteiger partial charge >= 0.3 is 97.7 Å². The number of aryl methyl sites for hydroxylation is 6. The summed E-state index contributed by atoms with van der Waals surface area (Å²) in [4.78, 5) is 99.8. The molecule has 9 rings (SSSR count). The van der Waals surface area contributed by atoms with E-state index >= 15 is 0 Å². The summed E-state index contributed by atoms with van der Waals surface area (Å²) in [5.41, 5.74) is -0.518. The predicted octanol–water partition coefficient (Wildman–Crippen LogP) is -1.13. The Morgan fingerprint density at radius 2 is 0.780 bits per heavy atom. The van der Waals surface area contributed by atoms with E-state index in [9.17, 15) is 56.9 Å². The molecule has 0 aliphatic heterocycles. The van der Waals surface area contributed by atoms with E-state index in [2.05, 4.69) is 15.0 Å². The van der Waals surface area contributed by atoms with E-state index in [-0.39, 0.29) is 137 Å². The van der Waals surface area contributed by atoms with Crippen LogP contribution < -0.4 is 107 Å². The molecule has 0 atom stereocenters. The van der Waals surface area contributed by atoms with Crippen LogP contribution in [0.5, 0.6) is 0 Å². The minimum atomic E-state index is -3.92. The molecule has 0 aromatic carbocycles. The number of hydrogen-bond donors (Lipinski definition) is 2. The van der Waals surface area contributed by atoms with E-state index in [0.29, 0.717) is 65.0 Å². The van der Waals surface area contributed by atoms with Crippen molar-refractivity contribution in [2.24, 2.45) is 77.8 Å². The first-order chi connectivity index (χ1) is 37.1. The van der Waals surface area contributed by atoms with Gasteiger partial charge in [0.05, 0.1) is 43.2 Å². The predicted molar refractivity (Wildman–Crippen MR) is 301 cm³/mol. The number of methoxy groups -OCH3 is 1. The normalized spacial score (nSPS) is 20.6. The van der Waals surface area contributed by atoms with Gasteiger partial charge < -0.3 is 33.4 Å². The Hall–Kier alpha value is -4.17. The van der Waals surface area contributed by atoms with Crippen LogP contribution in [-0.4, -0.2) is 104 Å². The number of carbonyl (C=O) groups is 1. The van der Waals surface area contributed by atoms with Gasteiger partial charge in [0.2, 0.25) is 0 Å². The zero-order valence-electron chi connectivity index (χ0n) is 50.3. The van der Waals surface area contributed by atoms with Crippen LogP contribution in [0.4, 0.5) is 13.2 Å². The second kappa shape index (κ2) is 27.9. The van der Waals surface area contributed by atoms with Crippen LogP contribution in [0.15, 0.2) is 47.7 Å². The summed E-state index contributed by atoms with van der Waals surface area (Å²) in [7, 11) is 8.75. The molecule has 3 aliphatic carbocycles. The Morgan fingerprint density at radius 3 is 1.00 bits per heavy atom. The molecule has 0 unspecified atom stereocenters. The van der Waals surface area contributed by atoms with E-state index in [0.717, 1.165) is 77.0 Å². The number of halogens is 4. The summed E-state index contributed by atoms with van der Waals surface area (Å²) >= 11 is 0. The van der Waals surface area contributed by atoms with Crippen molar-refractivity contribution >= 4 is 47.5 Å². The number of esters is 1. The van der Waals surface area contributed by atoms with E-state index in [4.69, 9.17) is 4.74 Å². The molecule has 6 aromatic heterocycles. The second-order valence-electron chi connectivity index (χ2n) is 24.6. The Bertz CT molecular complexity index is 3390. The molecule has 2 N–H and O–H groups in total. The number of nitrogens with zero attached hydrogens (tertiary/aromatic N) is 12. The molecule has 0 spiro atoms. The fourth-order valence-corrected chi connectivity index (χ4v) is 11.3. The van der Waals surface area contributed by atoms with Gasteiger partial charge in [0.15, 0.2) is 41.6 Å². The first-order valence-electron chi connectivity index (χ1n) is 27.5. The van der Waals surface area contributed by atoms with Crippen LogP contribution in [-0.2, 0) is 71.5 Å². The summed E-state index contributed by atoms with van der Waals surface area (Å²) < 4.78 is 52.9. The molecule has 0 saturated heterocycles. The van der Waals surface area contributed by atoms with E-state index in [1.807, 2.05) is 27.7 Å². The third-order valence-corrected chi connectivity index (χ3v) is 18.5. The zero-order valence-corrected chi connectivity index (χ0v) is 57.6. The fraction of sp³-hybridized carbons (Fsp3) is 0.704. The van der Waals surface area contributed by atoms with Crippen molar-refractivity contribution in [1.82, 2.24) is 56.1 Å². The number of ether oxygens (including phenoxy) is 1. The number of aliphatic hydroxyl groups is 2. The monoisotopic (exact) mass is 1300 g/mol. The van der Waals surface area contributed by atoms with Crippen LogP contribution in [0, 0.1) is 35.5 Å². The van der Waals surface area contributed by atoms with Crippen LogP contribution >= 0.6 is 0 Å². The number of aromatic nitrogens is 12. The van der Waals surface area contributed by atoms with Gasteiger partial charge in [0.25, 0.3) is 16.7 Å². The molecule has 0 amide bonds. The zero-order chi connectivity index (χ0) is 59.7. The molecule has 6 aromatic rings. The SMILES string of the molecule is COC(=O)C1CCC(Cn2c(=O)c3c(ncn3C)n(C)c2=O)CC1.C[Si](C)(C)C(F)(F)F.Cn1cnc2c1c(=O)n(CC1CCC(C(C)(C)O)CC1)c(=O)n2C.Cn1cnc2c1c(=O)n(CC1CCC(C(C)(C)O)CC1)c(=O)n2C.[Cs+].[F-]. The number of imidazole rings is 3. The molecule has 452 valence electrons. The Morgan fingerprint density at radius 1 is 0.537 bits per heavy atom. The number of rotatable bonds is 9. The number of fused-ring (bicyclic) bond motifs is 3. The van der Waals surface area contributed by atoms with Crippen molar-refractivity contribution in [3.63, 3.8) is 0 Å². The third-order valence-electron chi connectivity index (χ3n) is 16.8. The summed E-state index contributed by atoms with van der Waals surface area (Å²) in [5, 5.41) is 20.3. The van der Waals surface area contributed by atoms with E-state index in [1.165, 1.54) is 60.5 Å². The number of alkyl halides is 3. The van der Waals surface area contributed by atoms with Crippen molar-refractivity contribution in [3.05, 3.63) is 81.5 Å². The molecule has 3 aliphatic rings. The van der Waals surface area contributed by atoms with Gasteiger partial charge in [-0.05, 0) is 134 Å². The Labute approximate surface area is 532 Å². The van der Waals surface area contributed by atoms with Crippen molar-refractivity contribution in [2.45, 2.75) is 161 Å². The quantitative estimate of drug-likeness (QED) is 0.0990. The summed E-state index contributed by atoms with van der Waals surface area (Å²) in [6, 6.07) is 0. The summed E-state index contributed by atoms with van der Waals surface area (Å²) in [5.74, 6) is -2.79. The molecule has 6 heterocycles. The topological polar surface area (TPSA) is 252 Å². The molecule has 0 radical (unpaired) electrons. The van der Waals surface area contributed by atoms with Gasteiger partial charge in [-0.25, -0.2) is 29.3 Å². The minimum Gasteiger partial charge on any atom is -1.00 e. The maximum Gasteiger partial charge on any atom is 1.00 e. The van der Waals surface area contributed by atoms with Gasteiger partial charge in [-0.2, -0.15) is 13.2 Å². The minimum absolute atomic E-state index is 0. The number of hydrogen-bond acceptors (Lipinski definition) is 13. The summed E-state index contributed by atoms with van der Waals surface area (Å²) in [6.45, 7) is 12.5. The first-order valence-corrected chi connectivity index (χ1v) is 31.0. The van der Waals surface area contributed by atoms with Crippen molar-refractivity contribution in [1.29, 1.82) is 0 Å². The smallest absolute Gasteiger partial charge is 1.00 e. The van der Waals surface area contributed by atoms with Crippen molar-refractivity contribution in [3.8, 4) is 0 Å². The summed E-state index contributed by atoms with van der Waals surface area (Å²) in [6.07, 6.45) is 15.1. The molecule has 82 heavy (non-hydrogen) atoms. The number of carbonyl (C=O) groups excluding carboxylic acids is 1. The maximum atomic E-state index is 12.7. The van der Waals surface area contributed by atoms with Crippen LogP contribution in [0.2, 0.25) is 19.6 Å². The van der Waals surface area contributed by atoms with Gasteiger partial charge in [-0.15, -0.1) is 0 Å². The Kier molecular flexibility index (Phi) is 23.9. The molecule has 28 heteroatoms. The molecule has 22 nitrogen and oxygen atoms in total. The maximum absolute atomic E-state index is 12.7. The fourth-order valence-electron chi connectivity index (χ4n) is 11.3. The van der Waals surface area contributed by atoms with Crippen molar-refractivity contribution in [2.75, 3.05) is 7.11 Å². The molecule has 0 bridgehead atoms. The molecule has 3 saturated carbocycles. The third kappa shape index (κ3) is 15.8.